The Hall–Kier alpha value is -8.19. The van der Waals surface area contributed by atoms with Gasteiger partial charge in [-0.3, -0.25) is 0 Å². The number of nitrogens with two attached hydrogens (primary N) is 2. The van der Waals surface area contributed by atoms with Crippen molar-refractivity contribution < 1.29 is 60.1 Å². The summed E-state index contributed by atoms with van der Waals surface area (Å²) in [5.74, 6) is 0.803. The van der Waals surface area contributed by atoms with Gasteiger partial charge in [-0.15, -0.1) is 0 Å². The first-order valence-electron chi connectivity index (χ1n) is 27.0. The van der Waals surface area contributed by atoms with Crippen LogP contribution >= 0.6 is 0 Å². The summed E-state index contributed by atoms with van der Waals surface area (Å²) in [5.41, 5.74) is 27.6. The maximum Gasteiger partial charge on any atom is 1.00 e. The molecule has 0 amide bonds. The minimum atomic E-state index is -4.53. The van der Waals surface area contributed by atoms with E-state index in [2.05, 4.69) is 66.5 Å². The van der Waals surface area contributed by atoms with E-state index in [1.54, 1.807) is 12.1 Å². The molecular weight excluding hydrogens is 1100 g/mol. The fourth-order valence-electron chi connectivity index (χ4n) is 8.99. The number of hydrogen-bond donors (Lipinski definition) is 4. The molecule has 0 saturated carbocycles. The Bertz CT molecular complexity index is 3850. The van der Waals surface area contributed by atoms with E-state index in [1.807, 2.05) is 193 Å². The summed E-state index contributed by atoms with van der Waals surface area (Å²) >= 11 is 0. The third kappa shape index (κ3) is 18.9. The maximum absolute atomic E-state index is 11.5. The first-order valence-corrected chi connectivity index (χ1v) is 29.8. The topological polar surface area (TPSA) is 221 Å². The van der Waals surface area contributed by atoms with Crippen molar-refractivity contribution in [3.8, 4) is 0 Å². The fourth-order valence-corrected chi connectivity index (χ4v) is 10.1. The van der Waals surface area contributed by atoms with Crippen molar-refractivity contribution in [2.45, 2.75) is 64.4 Å². The normalized spacial score (nSPS) is 12.2. The van der Waals surface area contributed by atoms with E-state index in [9.17, 15) is 25.9 Å². The number of aryl methyl sites for hydroxylation is 4. The van der Waals surface area contributed by atoms with Gasteiger partial charge in [0.05, 0.1) is 21.2 Å². The Morgan fingerprint density at radius 3 is 1.39 bits per heavy atom. The summed E-state index contributed by atoms with van der Waals surface area (Å²) in [7, 11) is -9.07. The van der Waals surface area contributed by atoms with Gasteiger partial charge in [0.1, 0.15) is 26.8 Å². The van der Waals surface area contributed by atoms with Crippen LogP contribution in [0.4, 0.5) is 28.4 Å². The molecule has 9 rings (SSSR count). The van der Waals surface area contributed by atoms with Crippen molar-refractivity contribution in [1.82, 2.24) is 0 Å². The predicted molar refractivity (Wildman–Crippen MR) is 337 cm³/mol. The number of allylic oxidation sites excluding steroid dienone is 5. The second kappa shape index (κ2) is 30.9. The molecule has 0 atom stereocenters. The van der Waals surface area contributed by atoms with Crippen molar-refractivity contribution in [3.05, 3.63) is 275 Å². The SMILES string of the molecule is CCN(Cc1cccc(S(=O)(=O)[O-])c1)c1ccc(C(=C2C=CC(=[N+](CC)Cc3cccc(S(=O)(=O)[O-])c3)C=C2)c2ccccc2)cc1.Cc1ccccc1N=C(N)Nc1ccccc1C.Cc1ccccc1N=C(N)Nc1ccccc1C.[Na+]. The Labute approximate surface area is 517 Å². The number of benzene rings is 8. The van der Waals surface area contributed by atoms with Crippen LogP contribution in [0.3, 0.4) is 0 Å². The molecule has 14 nitrogen and oxygen atoms in total. The van der Waals surface area contributed by atoms with Crippen molar-refractivity contribution in [1.29, 1.82) is 0 Å². The van der Waals surface area contributed by atoms with Crippen LogP contribution in [0.15, 0.2) is 250 Å². The van der Waals surface area contributed by atoms with Gasteiger partial charge in [0.25, 0.3) is 0 Å². The van der Waals surface area contributed by atoms with Gasteiger partial charge in [-0.1, -0.05) is 140 Å². The zero-order valence-corrected chi connectivity index (χ0v) is 52.0. The van der Waals surface area contributed by atoms with Gasteiger partial charge < -0.3 is 36.1 Å². The van der Waals surface area contributed by atoms with Gasteiger partial charge in [-0.2, -0.15) is 0 Å². The molecule has 0 saturated heterocycles. The van der Waals surface area contributed by atoms with Crippen LogP contribution in [0.25, 0.3) is 5.57 Å². The number of guanidine groups is 2. The molecule has 84 heavy (non-hydrogen) atoms. The second-order valence-corrected chi connectivity index (χ2v) is 22.3. The van der Waals surface area contributed by atoms with Gasteiger partial charge in [-0.25, -0.2) is 31.4 Å². The van der Waals surface area contributed by atoms with Crippen LogP contribution in [-0.4, -0.2) is 61.2 Å². The van der Waals surface area contributed by atoms with Crippen LogP contribution in [-0.2, 0) is 33.3 Å². The van der Waals surface area contributed by atoms with Crippen LogP contribution in [0.5, 0.6) is 0 Å². The van der Waals surface area contributed by atoms with Gasteiger partial charge in [0, 0.05) is 47.9 Å². The van der Waals surface area contributed by atoms with Gasteiger partial charge in [0.2, 0.25) is 0 Å². The Morgan fingerprint density at radius 1 is 0.512 bits per heavy atom. The molecule has 0 spiro atoms. The summed E-state index contributed by atoms with van der Waals surface area (Å²) in [4.78, 5) is 10.4. The van der Waals surface area contributed by atoms with E-state index >= 15 is 0 Å². The summed E-state index contributed by atoms with van der Waals surface area (Å²) in [6, 6.07) is 62.4. The average molecular weight is 1170 g/mol. The Morgan fingerprint density at radius 2 is 0.940 bits per heavy atom. The molecule has 0 fully saturated rings. The molecule has 0 aliphatic heterocycles. The Balaban J connectivity index is 0.000000248. The fraction of sp³-hybridized carbons (Fsp3) is 0.149. The third-order valence-corrected chi connectivity index (χ3v) is 15.2. The Kier molecular flexibility index (Phi) is 23.9. The first-order chi connectivity index (χ1) is 39.8. The molecule has 426 valence electrons. The summed E-state index contributed by atoms with van der Waals surface area (Å²) in [6.45, 7) is 14.4. The van der Waals surface area contributed by atoms with Crippen LogP contribution in [0.1, 0.15) is 58.4 Å². The van der Waals surface area contributed by atoms with Gasteiger partial charge in [0.15, 0.2) is 24.2 Å². The molecule has 1 aliphatic carbocycles. The van der Waals surface area contributed by atoms with E-state index in [0.29, 0.717) is 38.1 Å². The molecule has 8 aromatic rings. The number of para-hydroxylation sites is 4. The maximum atomic E-state index is 11.5. The van der Waals surface area contributed by atoms with Crippen molar-refractivity contribution in [3.63, 3.8) is 0 Å². The number of rotatable bonds is 15. The van der Waals surface area contributed by atoms with E-state index in [-0.39, 0.29) is 39.3 Å². The minimum absolute atomic E-state index is 0. The summed E-state index contributed by atoms with van der Waals surface area (Å²) in [5, 5.41) is 6.23. The molecule has 0 aromatic heterocycles. The van der Waals surface area contributed by atoms with Crippen LogP contribution < -0.4 is 56.6 Å². The number of hydrogen-bond acceptors (Lipinski definition) is 9. The summed E-state index contributed by atoms with van der Waals surface area (Å²) < 4.78 is 71.3. The first kappa shape index (κ1) is 65.0. The van der Waals surface area contributed by atoms with Crippen molar-refractivity contribution in [2.24, 2.45) is 21.5 Å². The molecule has 0 heterocycles. The molecule has 0 bridgehead atoms. The van der Waals surface area contributed by atoms with Gasteiger partial charge >= 0.3 is 29.6 Å². The van der Waals surface area contributed by atoms with Crippen molar-refractivity contribution in [2.75, 3.05) is 28.6 Å². The quantitative estimate of drug-likeness (QED) is 0.0249. The standard InChI is InChI=1S/C37H36N2O6S2.2C15H17N3.Na/c1-3-38(26-28-10-8-14-35(24-28)46(40,41)42)33-20-16-31(17-21-33)37(30-12-6-5-7-13-30)32-18-22-34(23-19-32)39(4-2)27-29-11-9-15-36(25-29)47(43,44)45;2*1-11-7-3-5-9-13(11)17-15(16)18-14-10-6-4-8-12(14)2;/h5-25H,3-4,26-27H2,1-2H3,(H-,40,41,42,43,44,45);2*3-10H,1-2H3,(H3,16,17,18);/q;;;+1/p-1. The number of nitrogens with one attached hydrogen (secondary N) is 2. The smallest absolute Gasteiger partial charge is 0.744 e. The number of anilines is 3. The molecular formula is C67H69N8NaO6S2. The van der Waals surface area contributed by atoms with E-state index in [1.165, 1.54) is 24.3 Å². The molecule has 1 aliphatic rings. The van der Waals surface area contributed by atoms with E-state index in [0.717, 1.165) is 89.8 Å². The van der Waals surface area contributed by atoms with Crippen LogP contribution in [0, 0.1) is 27.7 Å². The van der Waals surface area contributed by atoms with Gasteiger partial charge in [-0.05, 0) is 164 Å². The largest absolute Gasteiger partial charge is 1.00 e. The van der Waals surface area contributed by atoms with Crippen LogP contribution in [0.2, 0.25) is 0 Å². The predicted octanol–water partition coefficient (Wildman–Crippen LogP) is 9.85. The van der Waals surface area contributed by atoms with E-state index in [4.69, 9.17) is 11.5 Å². The summed E-state index contributed by atoms with van der Waals surface area (Å²) in [6.07, 6.45) is 8.23. The number of nitrogens with zero attached hydrogens (tertiary/aromatic N) is 4. The molecule has 17 heteroatoms. The molecule has 0 unspecified atom stereocenters. The van der Waals surface area contributed by atoms with Crippen molar-refractivity contribution >= 4 is 71.9 Å². The zero-order valence-electron chi connectivity index (χ0n) is 48.4. The number of aliphatic imine (C=N–C) groups is 2. The third-order valence-electron chi connectivity index (χ3n) is 13.5. The molecule has 8 aromatic carbocycles. The van der Waals surface area contributed by atoms with E-state index < -0.39 is 20.2 Å². The molecule has 0 radical (unpaired) electrons. The minimum Gasteiger partial charge on any atom is -0.744 e. The zero-order chi connectivity index (χ0) is 59.5. The molecule has 6 N–H and O–H groups in total. The second-order valence-electron chi connectivity index (χ2n) is 19.5. The average Bonchev–Trinajstić information content (AvgIpc) is 3.32. The monoisotopic (exact) mass is 1170 g/mol.